The zero-order valence-corrected chi connectivity index (χ0v) is 4.99. The fourth-order valence-corrected chi connectivity index (χ4v) is 0.275. The zero-order valence-electron chi connectivity index (χ0n) is 5.99. The third kappa shape index (κ3) is 2.28. The van der Waals surface area contributed by atoms with Crippen molar-refractivity contribution in [3.63, 3.8) is 0 Å². The largest absolute Gasteiger partial charge is 0.394 e. The van der Waals surface area contributed by atoms with Crippen LogP contribution in [0.25, 0.3) is 0 Å². The van der Waals surface area contributed by atoms with Crippen LogP contribution >= 0.6 is 0 Å². The Morgan fingerprint density at radius 2 is 2.22 bits per heavy atom. The lowest BCUT2D eigenvalue weighted by Crippen LogP contribution is -2.44. The molecule has 4 nitrogen and oxygen atoms in total. The van der Waals surface area contributed by atoms with Crippen molar-refractivity contribution in [1.82, 2.24) is 0 Å². The highest BCUT2D eigenvalue weighted by molar-refractivity contribution is 4.79. The van der Waals surface area contributed by atoms with Gasteiger partial charge in [-0.15, -0.1) is 0 Å². The van der Waals surface area contributed by atoms with E-state index in [1.54, 1.807) is 0 Å². The highest BCUT2D eigenvalue weighted by Crippen LogP contribution is 2.06. The lowest BCUT2D eigenvalue weighted by Gasteiger charge is -2.24. The molecule has 0 radical (unpaired) electrons. The Labute approximate surface area is 54.8 Å². The first-order valence-electron chi connectivity index (χ1n) is 3.23. The molecule has 0 spiro atoms. The molecule has 56 valence electrons. The van der Waals surface area contributed by atoms with Crippen molar-refractivity contribution in [3.8, 4) is 0 Å². The Morgan fingerprint density at radius 3 is 2.33 bits per heavy atom. The van der Waals surface area contributed by atoms with Gasteiger partial charge in [0.1, 0.15) is 11.7 Å². The summed E-state index contributed by atoms with van der Waals surface area (Å²) in [6.45, 7) is -1.92. The first kappa shape index (κ1) is 6.95. The Balaban J connectivity index is 4.02. The zero-order chi connectivity index (χ0) is 8.20. The molecule has 4 heteroatoms. The highest BCUT2D eigenvalue weighted by atomic mass is 16.4. The van der Waals surface area contributed by atoms with Gasteiger partial charge in [0.2, 0.25) is 0 Å². The number of hydrogen-bond acceptors (Lipinski definition) is 4. The highest BCUT2D eigenvalue weighted by Gasteiger charge is 2.28. The van der Waals surface area contributed by atoms with Crippen molar-refractivity contribution in [2.75, 3.05) is 13.2 Å². The van der Waals surface area contributed by atoms with Crippen LogP contribution in [0.15, 0.2) is 0 Å². The predicted molar refractivity (Wildman–Crippen MR) is 30.8 cm³/mol. The van der Waals surface area contributed by atoms with Crippen molar-refractivity contribution < 1.29 is 21.8 Å². The standard InChI is InChI=1S/C5H12O4/c1-5(9,3-7)4(8)2-6/h4,6-9H,2-3H2,1H3/t4-,5+/m1/s1/i1D. The van der Waals surface area contributed by atoms with Gasteiger partial charge in [-0.3, -0.25) is 0 Å². The minimum absolute atomic E-state index is 0.536. The summed E-state index contributed by atoms with van der Waals surface area (Å²) >= 11 is 0. The van der Waals surface area contributed by atoms with Gasteiger partial charge in [-0.1, -0.05) is 0 Å². The van der Waals surface area contributed by atoms with Crippen LogP contribution in [-0.4, -0.2) is 45.3 Å². The Bertz CT molecular complexity index is 93.6. The molecule has 0 aliphatic carbocycles. The lowest BCUT2D eigenvalue weighted by molar-refractivity contribution is -0.108. The van der Waals surface area contributed by atoms with Crippen molar-refractivity contribution in [1.29, 1.82) is 0 Å². The number of aliphatic hydroxyl groups is 4. The summed E-state index contributed by atoms with van der Waals surface area (Å²) in [5, 5.41) is 34.6. The maximum absolute atomic E-state index is 9.05. The van der Waals surface area contributed by atoms with Gasteiger partial charge in [0, 0.05) is 1.37 Å². The van der Waals surface area contributed by atoms with Crippen molar-refractivity contribution >= 4 is 0 Å². The topological polar surface area (TPSA) is 80.9 Å². The van der Waals surface area contributed by atoms with Crippen LogP contribution in [0.2, 0.25) is 0 Å². The minimum atomic E-state index is -1.88. The maximum atomic E-state index is 9.05. The molecule has 0 rings (SSSR count). The van der Waals surface area contributed by atoms with Gasteiger partial charge >= 0.3 is 0 Å². The third-order valence-electron chi connectivity index (χ3n) is 1.07. The van der Waals surface area contributed by atoms with E-state index in [2.05, 4.69) is 0 Å². The molecule has 0 amide bonds. The number of rotatable bonds is 3. The number of hydrogen-bond donors (Lipinski definition) is 4. The molecule has 0 saturated heterocycles. The lowest BCUT2D eigenvalue weighted by atomic mass is 10.0. The predicted octanol–water partition coefficient (Wildman–Crippen LogP) is -1.92. The van der Waals surface area contributed by atoms with Crippen LogP contribution in [0.5, 0.6) is 0 Å². The van der Waals surface area contributed by atoms with Crippen LogP contribution in [-0.2, 0) is 0 Å². The van der Waals surface area contributed by atoms with E-state index in [0.717, 1.165) is 0 Å². The SMILES string of the molecule is [2H]C[C@](O)(CO)[C@H](O)CO. The fourth-order valence-electron chi connectivity index (χ4n) is 0.275. The Kier molecular flexibility index (Phi) is 2.41. The second kappa shape index (κ2) is 3.12. The van der Waals surface area contributed by atoms with Crippen LogP contribution < -0.4 is 0 Å². The smallest absolute Gasteiger partial charge is 0.113 e. The van der Waals surface area contributed by atoms with Crippen molar-refractivity contribution in [2.45, 2.75) is 18.6 Å². The Hall–Kier alpha value is -0.160. The molecule has 0 aromatic rings. The average molecular weight is 137 g/mol. The summed E-state index contributed by atoms with van der Waals surface area (Å²) in [6, 6.07) is 0. The van der Waals surface area contributed by atoms with Crippen LogP contribution in [0.4, 0.5) is 0 Å². The molecule has 0 unspecified atom stereocenters. The molecule has 0 fully saturated rings. The van der Waals surface area contributed by atoms with E-state index in [1.165, 1.54) is 0 Å². The first-order valence-corrected chi connectivity index (χ1v) is 2.52. The van der Waals surface area contributed by atoms with Crippen LogP contribution in [0.3, 0.4) is 0 Å². The van der Waals surface area contributed by atoms with E-state index in [0.29, 0.717) is 0 Å². The molecule has 0 bridgehead atoms. The van der Waals surface area contributed by atoms with Crippen molar-refractivity contribution in [3.05, 3.63) is 0 Å². The Morgan fingerprint density at radius 1 is 1.67 bits per heavy atom. The van der Waals surface area contributed by atoms with Gasteiger partial charge in [-0.25, -0.2) is 0 Å². The molecular formula is C5H12O4. The van der Waals surface area contributed by atoms with E-state index < -0.39 is 31.8 Å². The third-order valence-corrected chi connectivity index (χ3v) is 1.07. The summed E-state index contributed by atoms with van der Waals surface area (Å²) in [7, 11) is 0. The summed E-state index contributed by atoms with van der Waals surface area (Å²) < 4.78 is 6.71. The summed E-state index contributed by atoms with van der Waals surface area (Å²) in [5.74, 6) is 0. The average Bonchev–Trinajstić information content (AvgIpc) is 2.01. The first-order chi connectivity index (χ1) is 4.60. The summed E-state index contributed by atoms with van der Waals surface area (Å²) in [4.78, 5) is 0. The van der Waals surface area contributed by atoms with Gasteiger partial charge < -0.3 is 20.4 Å². The van der Waals surface area contributed by atoms with Crippen LogP contribution in [0.1, 0.15) is 8.27 Å². The van der Waals surface area contributed by atoms with Gasteiger partial charge in [-0.2, -0.15) is 0 Å². The summed E-state index contributed by atoms with van der Waals surface area (Å²) in [5.41, 5.74) is -1.88. The van der Waals surface area contributed by atoms with Gasteiger partial charge in [-0.05, 0) is 6.90 Å². The molecule has 4 N–H and O–H groups in total. The second-order valence-corrected chi connectivity index (χ2v) is 1.96. The monoisotopic (exact) mass is 137 g/mol. The molecule has 0 aromatic carbocycles. The van der Waals surface area contributed by atoms with Gasteiger partial charge in [0.15, 0.2) is 0 Å². The van der Waals surface area contributed by atoms with Gasteiger partial charge in [0.25, 0.3) is 0 Å². The molecule has 0 aromatic heterocycles. The summed E-state index contributed by atoms with van der Waals surface area (Å²) in [6.07, 6.45) is -1.45. The van der Waals surface area contributed by atoms with E-state index in [1.807, 2.05) is 0 Å². The quantitative estimate of drug-likeness (QED) is 0.365. The fraction of sp³-hybridized carbons (Fsp3) is 1.00. The number of aliphatic hydroxyl groups excluding tert-OH is 3. The van der Waals surface area contributed by atoms with Crippen LogP contribution in [0, 0.1) is 0 Å². The van der Waals surface area contributed by atoms with E-state index in [9.17, 15) is 0 Å². The molecule has 0 aliphatic heterocycles. The normalized spacial score (nSPS) is 22.4. The second-order valence-electron chi connectivity index (χ2n) is 1.96. The van der Waals surface area contributed by atoms with Gasteiger partial charge in [0.05, 0.1) is 13.2 Å². The van der Waals surface area contributed by atoms with Crippen molar-refractivity contribution in [2.24, 2.45) is 0 Å². The minimum Gasteiger partial charge on any atom is -0.394 e. The van der Waals surface area contributed by atoms with E-state index >= 15 is 0 Å². The molecule has 0 saturated carbocycles. The molecule has 0 aliphatic rings. The maximum Gasteiger partial charge on any atom is 0.113 e. The molecule has 9 heavy (non-hydrogen) atoms. The van der Waals surface area contributed by atoms with E-state index in [-0.39, 0.29) is 0 Å². The molecular weight excluding hydrogens is 124 g/mol. The molecule has 2 atom stereocenters. The van der Waals surface area contributed by atoms with E-state index in [4.69, 9.17) is 21.8 Å². The molecule has 0 heterocycles.